The van der Waals surface area contributed by atoms with Crippen LogP contribution in [0.4, 0.5) is 0 Å². The average Bonchev–Trinajstić information content (AvgIpc) is 3.15. The molecule has 0 aliphatic carbocycles. The summed E-state index contributed by atoms with van der Waals surface area (Å²) in [5.41, 5.74) is 0.919. The summed E-state index contributed by atoms with van der Waals surface area (Å²) in [7, 11) is 3.70. The maximum absolute atomic E-state index is 12.9. The number of halogens is 2. The molecule has 7 nitrogen and oxygen atoms in total. The molecule has 9 heteroatoms. The molecule has 3 unspecified atom stereocenters. The molecule has 1 amide bonds. The Morgan fingerprint density at radius 2 is 2.00 bits per heavy atom. The van der Waals surface area contributed by atoms with Crippen LogP contribution in [0.5, 0.6) is 0 Å². The normalized spacial score (nSPS) is 25.2. The van der Waals surface area contributed by atoms with Gasteiger partial charge in [-0.25, -0.2) is 0 Å². The highest BCUT2D eigenvalue weighted by Crippen LogP contribution is 2.25. The Balaban J connectivity index is 0.00000156. The molecule has 2 fully saturated rings. The third-order valence-corrected chi connectivity index (χ3v) is 4.99. The molecule has 3 heterocycles. The number of likely N-dealkylation sites (tertiary alicyclic amines) is 1. The highest BCUT2D eigenvalue weighted by Gasteiger charge is 2.38. The van der Waals surface area contributed by atoms with E-state index >= 15 is 0 Å². The monoisotopic (exact) mass is 393 g/mol. The van der Waals surface area contributed by atoms with Crippen LogP contribution >= 0.6 is 24.8 Å². The van der Waals surface area contributed by atoms with E-state index in [-0.39, 0.29) is 36.8 Å². The van der Waals surface area contributed by atoms with Gasteiger partial charge in [0, 0.05) is 51.0 Å². The van der Waals surface area contributed by atoms with Crippen molar-refractivity contribution < 1.29 is 9.53 Å². The highest BCUT2D eigenvalue weighted by atomic mass is 35.5. The number of morpholine rings is 1. The molecule has 0 radical (unpaired) electrons. The van der Waals surface area contributed by atoms with E-state index in [0.29, 0.717) is 12.0 Å². The van der Waals surface area contributed by atoms with Crippen molar-refractivity contribution in [2.24, 2.45) is 13.0 Å². The number of amides is 1. The quantitative estimate of drug-likeness (QED) is 0.815. The van der Waals surface area contributed by atoms with Crippen LogP contribution in [0, 0.1) is 5.92 Å². The molecule has 0 spiro atoms. The minimum absolute atomic E-state index is 0. The van der Waals surface area contributed by atoms with Gasteiger partial charge in [0.25, 0.3) is 0 Å². The molecular formula is C16H29Cl2N5O2. The van der Waals surface area contributed by atoms with Crippen LogP contribution in [0.3, 0.4) is 0 Å². The first-order chi connectivity index (χ1) is 11.1. The number of likely N-dealkylation sites (N-methyl/N-ethyl adjacent to an activating group) is 1. The van der Waals surface area contributed by atoms with Crippen LogP contribution in [-0.2, 0) is 16.6 Å². The molecule has 1 aromatic rings. The number of carbonyl (C=O) groups excluding carboxylic acids is 1. The molecule has 2 aliphatic heterocycles. The Morgan fingerprint density at radius 3 is 2.56 bits per heavy atom. The minimum Gasteiger partial charge on any atom is -0.379 e. The molecule has 2 aliphatic rings. The van der Waals surface area contributed by atoms with Crippen LogP contribution in [0.15, 0.2) is 12.4 Å². The summed E-state index contributed by atoms with van der Waals surface area (Å²) < 4.78 is 7.18. The van der Waals surface area contributed by atoms with Gasteiger partial charge in [0.2, 0.25) is 5.91 Å². The van der Waals surface area contributed by atoms with Gasteiger partial charge >= 0.3 is 0 Å². The number of nitrogens with one attached hydrogen (secondary N) is 1. The van der Waals surface area contributed by atoms with Crippen LogP contribution in [-0.4, -0.2) is 78.0 Å². The zero-order chi connectivity index (χ0) is 16.4. The Labute approximate surface area is 161 Å². The predicted molar refractivity (Wildman–Crippen MR) is 101 cm³/mol. The van der Waals surface area contributed by atoms with E-state index in [1.165, 1.54) is 0 Å². The second-order valence-corrected chi connectivity index (χ2v) is 6.61. The summed E-state index contributed by atoms with van der Waals surface area (Å²) in [5.74, 6) is 0.631. The summed E-state index contributed by atoms with van der Waals surface area (Å²) in [6.07, 6.45) is 3.66. The van der Waals surface area contributed by atoms with E-state index < -0.39 is 0 Å². The summed E-state index contributed by atoms with van der Waals surface area (Å²) in [5, 5.41) is 7.32. The summed E-state index contributed by atoms with van der Waals surface area (Å²) in [4.78, 5) is 17.4. The molecule has 1 N–H and O–H groups in total. The van der Waals surface area contributed by atoms with Gasteiger partial charge in [0.1, 0.15) is 6.04 Å². The van der Waals surface area contributed by atoms with Crippen LogP contribution in [0.1, 0.15) is 18.5 Å². The summed E-state index contributed by atoms with van der Waals surface area (Å²) in [6, 6.07) is 0.119. The van der Waals surface area contributed by atoms with E-state index in [1.54, 1.807) is 10.9 Å². The number of ether oxygens (including phenoxy) is 1. The molecule has 0 aromatic carbocycles. The molecule has 3 atom stereocenters. The number of carbonyl (C=O) groups is 1. The van der Waals surface area contributed by atoms with E-state index in [1.807, 2.05) is 25.2 Å². The SMILES string of the molecule is CNC(C(=O)N1CC(C)C(N2CCOCC2)C1)c1cnn(C)c1.Cl.Cl. The molecule has 0 saturated carbocycles. The number of aryl methyl sites for hydroxylation is 1. The van der Waals surface area contributed by atoms with Crippen molar-refractivity contribution in [2.45, 2.75) is 19.0 Å². The standard InChI is InChI=1S/C16H27N5O2.2ClH/c1-12-9-21(11-14(12)20-4-6-23-7-5-20)16(22)15(17-2)13-8-18-19(3)10-13;;/h8,10,12,14-15,17H,4-7,9,11H2,1-3H3;2*1H. The van der Waals surface area contributed by atoms with Gasteiger partial charge in [-0.05, 0) is 13.0 Å². The van der Waals surface area contributed by atoms with Crippen molar-refractivity contribution in [3.8, 4) is 0 Å². The maximum Gasteiger partial charge on any atom is 0.244 e. The predicted octanol–water partition coefficient (Wildman–Crippen LogP) is 0.703. The minimum atomic E-state index is -0.320. The molecule has 2 saturated heterocycles. The van der Waals surface area contributed by atoms with E-state index in [4.69, 9.17) is 4.74 Å². The topological polar surface area (TPSA) is 62.6 Å². The van der Waals surface area contributed by atoms with Gasteiger partial charge in [0.15, 0.2) is 0 Å². The molecule has 144 valence electrons. The van der Waals surface area contributed by atoms with Gasteiger partial charge in [-0.2, -0.15) is 5.10 Å². The third-order valence-electron chi connectivity index (χ3n) is 4.99. The number of nitrogens with zero attached hydrogens (tertiary/aromatic N) is 4. The summed E-state index contributed by atoms with van der Waals surface area (Å²) >= 11 is 0. The zero-order valence-corrected chi connectivity index (χ0v) is 16.7. The van der Waals surface area contributed by atoms with Crippen molar-refractivity contribution in [1.29, 1.82) is 0 Å². The molecular weight excluding hydrogens is 365 g/mol. The Bertz CT molecular complexity index is 550. The largest absolute Gasteiger partial charge is 0.379 e. The summed E-state index contributed by atoms with van der Waals surface area (Å²) in [6.45, 7) is 7.39. The van der Waals surface area contributed by atoms with Crippen LogP contribution in [0.25, 0.3) is 0 Å². The highest BCUT2D eigenvalue weighted by molar-refractivity contribution is 5.85. The lowest BCUT2D eigenvalue weighted by Gasteiger charge is -2.34. The van der Waals surface area contributed by atoms with Crippen molar-refractivity contribution in [3.63, 3.8) is 0 Å². The maximum atomic E-state index is 12.9. The van der Waals surface area contributed by atoms with Gasteiger partial charge in [-0.3, -0.25) is 14.4 Å². The van der Waals surface area contributed by atoms with Gasteiger partial charge in [-0.1, -0.05) is 6.92 Å². The number of hydrogen-bond acceptors (Lipinski definition) is 5. The molecule has 3 rings (SSSR count). The Kier molecular flexibility index (Phi) is 8.63. The lowest BCUT2D eigenvalue weighted by atomic mass is 10.0. The smallest absolute Gasteiger partial charge is 0.244 e. The van der Waals surface area contributed by atoms with E-state index in [2.05, 4.69) is 22.2 Å². The molecule has 1 aromatic heterocycles. The lowest BCUT2D eigenvalue weighted by molar-refractivity contribution is -0.132. The van der Waals surface area contributed by atoms with Gasteiger partial charge in [0.05, 0.1) is 19.4 Å². The second-order valence-electron chi connectivity index (χ2n) is 6.61. The lowest BCUT2D eigenvalue weighted by Crippen LogP contribution is -2.47. The Hall–Kier alpha value is -0.860. The number of aromatic nitrogens is 2. The number of rotatable bonds is 4. The first-order valence-corrected chi connectivity index (χ1v) is 8.36. The van der Waals surface area contributed by atoms with Crippen molar-refractivity contribution in [1.82, 2.24) is 24.9 Å². The second kappa shape index (κ2) is 9.73. The first-order valence-electron chi connectivity index (χ1n) is 8.36. The number of hydrogen-bond donors (Lipinski definition) is 1. The fourth-order valence-electron chi connectivity index (χ4n) is 3.72. The fourth-order valence-corrected chi connectivity index (χ4v) is 3.72. The van der Waals surface area contributed by atoms with Crippen molar-refractivity contribution in [2.75, 3.05) is 46.4 Å². The van der Waals surface area contributed by atoms with Gasteiger partial charge < -0.3 is 15.0 Å². The van der Waals surface area contributed by atoms with Crippen LogP contribution in [0.2, 0.25) is 0 Å². The molecule has 25 heavy (non-hydrogen) atoms. The first kappa shape index (κ1) is 22.2. The molecule has 0 bridgehead atoms. The van der Waals surface area contributed by atoms with Crippen molar-refractivity contribution in [3.05, 3.63) is 18.0 Å². The van der Waals surface area contributed by atoms with E-state index in [9.17, 15) is 4.79 Å². The van der Waals surface area contributed by atoms with Crippen molar-refractivity contribution >= 4 is 30.7 Å². The fraction of sp³-hybridized carbons (Fsp3) is 0.750. The van der Waals surface area contributed by atoms with E-state index in [0.717, 1.165) is 45.0 Å². The zero-order valence-electron chi connectivity index (χ0n) is 15.1. The Morgan fingerprint density at radius 1 is 1.32 bits per heavy atom. The van der Waals surface area contributed by atoms with Gasteiger partial charge in [-0.15, -0.1) is 24.8 Å². The average molecular weight is 394 g/mol. The van der Waals surface area contributed by atoms with Crippen LogP contribution < -0.4 is 5.32 Å². The third kappa shape index (κ3) is 4.86.